The first-order valence-electron chi connectivity index (χ1n) is 9.35. The van der Waals surface area contributed by atoms with Gasteiger partial charge in [-0.05, 0) is 25.2 Å². The third-order valence-corrected chi connectivity index (χ3v) is 6.82. The molecule has 0 aliphatic heterocycles. The van der Waals surface area contributed by atoms with Gasteiger partial charge < -0.3 is 0 Å². The summed E-state index contributed by atoms with van der Waals surface area (Å²) in [5.74, 6) is 0. The fourth-order valence-corrected chi connectivity index (χ4v) is 5.50. The molecule has 26 heavy (non-hydrogen) atoms. The molecule has 4 heteroatoms. The van der Waals surface area contributed by atoms with Crippen molar-refractivity contribution in [1.82, 2.24) is 0 Å². The zero-order chi connectivity index (χ0) is 19.0. The first-order chi connectivity index (χ1) is 12.8. The molecule has 0 atom stereocenters. The molecule has 0 unspecified atom stereocenters. The van der Waals surface area contributed by atoms with Crippen LogP contribution in [0.25, 0.3) is 10.8 Å². The summed E-state index contributed by atoms with van der Waals surface area (Å²) in [6, 6.07) is 13.6. The number of rotatable bonds is 7. The monoisotopic (exact) mass is 442 g/mol. The van der Waals surface area contributed by atoms with Crippen LogP contribution in [0.5, 0.6) is 0 Å². The van der Waals surface area contributed by atoms with Crippen LogP contribution in [-0.2, 0) is 17.0 Å². The minimum atomic E-state index is -0.556. The molecule has 0 spiro atoms. The minimum absolute atomic E-state index is 0.0856. The van der Waals surface area contributed by atoms with E-state index in [1.54, 1.807) is 5.30 Å². The number of allylic oxidation sites excluding steroid dienone is 4. The van der Waals surface area contributed by atoms with Crippen LogP contribution in [0.3, 0.4) is 0 Å². The van der Waals surface area contributed by atoms with Crippen LogP contribution in [0.4, 0.5) is 0 Å². The number of benzene rings is 1. The molecule has 0 saturated heterocycles. The second-order valence-electron chi connectivity index (χ2n) is 6.11. The average Bonchev–Trinajstić information content (AvgIpc) is 3.35. The molecular weight excluding hydrogens is 414 g/mol. The second-order valence-corrected chi connectivity index (χ2v) is 11.2. The van der Waals surface area contributed by atoms with Crippen molar-refractivity contribution in [3.63, 3.8) is 0 Å². The van der Waals surface area contributed by atoms with Gasteiger partial charge in [0.05, 0.1) is 0 Å². The Morgan fingerprint density at radius 1 is 1.12 bits per heavy atom. The van der Waals surface area contributed by atoms with Crippen LogP contribution in [0.15, 0.2) is 54.6 Å². The maximum atomic E-state index is 4.89. The van der Waals surface area contributed by atoms with Crippen molar-refractivity contribution in [1.29, 1.82) is 0 Å². The van der Waals surface area contributed by atoms with Crippen LogP contribution in [0.2, 0.25) is 0 Å². The molecule has 0 fully saturated rings. The van der Waals surface area contributed by atoms with Crippen molar-refractivity contribution >= 4 is 42.6 Å². The summed E-state index contributed by atoms with van der Waals surface area (Å²) in [7, 11) is 9.86. The van der Waals surface area contributed by atoms with E-state index >= 15 is 0 Å². The van der Waals surface area contributed by atoms with E-state index in [1.807, 2.05) is 12.2 Å². The van der Waals surface area contributed by atoms with E-state index in [2.05, 4.69) is 62.4 Å². The van der Waals surface area contributed by atoms with Crippen molar-refractivity contribution < 1.29 is 17.0 Å². The van der Waals surface area contributed by atoms with Crippen LogP contribution >= 0.6 is 26.5 Å². The summed E-state index contributed by atoms with van der Waals surface area (Å²) in [6.07, 6.45) is 18.3. The van der Waals surface area contributed by atoms with Crippen LogP contribution in [0, 0.1) is 6.08 Å². The molecule has 0 heterocycles. The SMILES string of the molecule is CCCCP(CCCC)c1cc2ccccc2[cH-]1.[C-]1=CC=CC1.[Cl][Ti][Cl]. The molecule has 0 bridgehead atoms. The number of halogens is 2. The van der Waals surface area contributed by atoms with Crippen LogP contribution < -0.4 is 5.30 Å². The van der Waals surface area contributed by atoms with E-state index in [-0.39, 0.29) is 7.92 Å². The molecule has 0 aromatic heterocycles. The van der Waals surface area contributed by atoms with Gasteiger partial charge >= 0.3 is 35.6 Å². The van der Waals surface area contributed by atoms with Gasteiger partial charge in [-0.25, -0.2) is 12.2 Å². The standard InChI is InChI=1S/C17H24P.C5H5.2ClH.Ti/c1-3-5-11-18(12-6-4-2)17-13-15-9-7-8-10-16(15)14-17;1-2-4-5-3-1;;;/h7-10,13-14H,3-6,11-12H2,1-2H3;1-3H,4H2;2*1H;/q2*-1;;;+2/p-2. The molecule has 0 saturated carbocycles. The van der Waals surface area contributed by atoms with Gasteiger partial charge in [0.15, 0.2) is 0 Å². The Hall–Kier alpha value is 0.0343. The zero-order valence-corrected chi connectivity index (χ0v) is 19.8. The molecule has 0 nitrogen and oxygen atoms in total. The average molecular weight is 443 g/mol. The Bertz CT molecular complexity index is 597. The van der Waals surface area contributed by atoms with E-state index in [1.165, 1.54) is 48.8 Å². The van der Waals surface area contributed by atoms with E-state index in [4.69, 9.17) is 18.6 Å². The van der Waals surface area contributed by atoms with E-state index in [0.717, 1.165) is 6.42 Å². The Balaban J connectivity index is 0.000000351. The fourth-order valence-electron chi connectivity index (χ4n) is 2.72. The number of fused-ring (bicyclic) bond motifs is 1. The summed E-state index contributed by atoms with van der Waals surface area (Å²) in [5.41, 5.74) is 0. The van der Waals surface area contributed by atoms with E-state index in [9.17, 15) is 0 Å². The summed E-state index contributed by atoms with van der Waals surface area (Å²) in [5, 5.41) is 4.48. The summed E-state index contributed by atoms with van der Waals surface area (Å²) >= 11 is -0.556. The number of hydrogen-bond acceptors (Lipinski definition) is 0. The summed E-state index contributed by atoms with van der Waals surface area (Å²) in [6.45, 7) is 4.60. The van der Waals surface area contributed by atoms with Crippen molar-refractivity contribution in [2.24, 2.45) is 0 Å². The van der Waals surface area contributed by atoms with Gasteiger partial charge in [0.25, 0.3) is 0 Å². The topological polar surface area (TPSA) is 0 Å². The van der Waals surface area contributed by atoms with Crippen LogP contribution in [-0.4, -0.2) is 12.3 Å². The summed E-state index contributed by atoms with van der Waals surface area (Å²) < 4.78 is 0. The molecular formula is C22H29Cl2PTi-2. The molecule has 0 radical (unpaired) electrons. The van der Waals surface area contributed by atoms with Crippen molar-refractivity contribution in [3.05, 3.63) is 60.7 Å². The first-order valence-corrected chi connectivity index (χ1v) is 15.4. The Kier molecular flexibility index (Phi) is 14.8. The van der Waals surface area contributed by atoms with Gasteiger partial charge in [0.2, 0.25) is 0 Å². The Labute approximate surface area is 177 Å². The van der Waals surface area contributed by atoms with Crippen molar-refractivity contribution in [3.8, 4) is 0 Å². The van der Waals surface area contributed by atoms with Gasteiger partial charge in [0, 0.05) is 0 Å². The third kappa shape index (κ3) is 9.82. The Morgan fingerprint density at radius 2 is 1.77 bits per heavy atom. The van der Waals surface area contributed by atoms with Crippen molar-refractivity contribution in [2.45, 2.75) is 46.0 Å². The third-order valence-electron chi connectivity index (χ3n) is 4.12. The number of hydrogen-bond donors (Lipinski definition) is 0. The zero-order valence-electron chi connectivity index (χ0n) is 15.8. The van der Waals surface area contributed by atoms with Crippen molar-refractivity contribution in [2.75, 3.05) is 12.3 Å². The summed E-state index contributed by atoms with van der Waals surface area (Å²) in [4.78, 5) is 0. The predicted octanol–water partition coefficient (Wildman–Crippen LogP) is 7.95. The van der Waals surface area contributed by atoms with Crippen LogP contribution in [0.1, 0.15) is 46.0 Å². The molecule has 1 aliphatic rings. The molecule has 0 amide bonds. The van der Waals surface area contributed by atoms with Gasteiger partial charge in [-0.15, -0.1) is 46.8 Å². The fraction of sp³-hybridized carbons (Fsp3) is 0.409. The first kappa shape index (κ1) is 24.1. The molecule has 2 aromatic carbocycles. The Morgan fingerprint density at radius 3 is 2.23 bits per heavy atom. The second kappa shape index (κ2) is 16.0. The molecule has 1 aliphatic carbocycles. The maximum absolute atomic E-state index is 4.89. The number of unbranched alkanes of at least 4 members (excludes halogenated alkanes) is 2. The van der Waals surface area contributed by atoms with Gasteiger partial charge in [0.1, 0.15) is 0 Å². The van der Waals surface area contributed by atoms with Gasteiger partial charge in [-0.2, -0.15) is 12.1 Å². The van der Waals surface area contributed by atoms with E-state index in [0.29, 0.717) is 0 Å². The normalized spacial score (nSPS) is 11.9. The van der Waals surface area contributed by atoms with E-state index < -0.39 is 17.0 Å². The molecule has 2 aromatic rings. The molecule has 142 valence electrons. The molecule has 0 N–H and O–H groups in total. The predicted molar refractivity (Wildman–Crippen MR) is 119 cm³/mol. The molecule has 3 rings (SSSR count). The van der Waals surface area contributed by atoms with Gasteiger partial charge in [-0.3, -0.25) is 6.08 Å². The quantitative estimate of drug-likeness (QED) is 0.232. The van der Waals surface area contributed by atoms with Gasteiger partial charge in [-0.1, -0.05) is 40.7 Å².